The lowest BCUT2D eigenvalue weighted by atomic mass is 10.1. The molecule has 0 radical (unpaired) electrons. The highest BCUT2D eigenvalue weighted by Crippen LogP contribution is 2.36. The van der Waals surface area contributed by atoms with Gasteiger partial charge in [0.25, 0.3) is 0 Å². The topological polar surface area (TPSA) is 41.9 Å². The van der Waals surface area contributed by atoms with Gasteiger partial charge in [-0.05, 0) is 26.3 Å². The molecule has 2 aliphatic heterocycles. The van der Waals surface area contributed by atoms with Crippen molar-refractivity contribution in [1.29, 1.82) is 0 Å². The number of carbonyl (C=O) groups is 1. The van der Waals surface area contributed by atoms with Gasteiger partial charge < -0.3 is 9.64 Å². The minimum Gasteiger partial charge on any atom is -0.458 e. The van der Waals surface area contributed by atoms with Crippen molar-refractivity contribution in [3.63, 3.8) is 0 Å². The number of hydrogen-bond acceptors (Lipinski definition) is 4. The highest BCUT2D eigenvalue weighted by atomic mass is 16.6. The first-order chi connectivity index (χ1) is 9.46. The first-order valence-corrected chi connectivity index (χ1v) is 6.79. The number of ether oxygens (including phenoxy) is 1. The Balaban J connectivity index is 1.96. The molecule has 0 aliphatic carbocycles. The lowest BCUT2D eigenvalue weighted by Crippen LogP contribution is -2.40. The first kappa shape index (κ1) is 12.9. The number of hydrogen-bond donors (Lipinski definition) is 0. The monoisotopic (exact) mass is 270 g/mol. The third-order valence-electron chi connectivity index (χ3n) is 3.36. The summed E-state index contributed by atoms with van der Waals surface area (Å²) in [7, 11) is 0. The molecule has 4 nitrogen and oxygen atoms in total. The van der Waals surface area contributed by atoms with E-state index in [2.05, 4.69) is 11.1 Å². The quantitative estimate of drug-likeness (QED) is 0.737. The molecule has 20 heavy (non-hydrogen) atoms. The molecule has 0 bridgehead atoms. The summed E-state index contributed by atoms with van der Waals surface area (Å²) in [5.41, 5.74) is 2.80. The molecule has 2 heterocycles. The van der Waals surface area contributed by atoms with Crippen LogP contribution in [0.4, 0.5) is 5.69 Å². The number of nitrogens with zero attached hydrogens (tertiary/aromatic N) is 2. The summed E-state index contributed by atoms with van der Waals surface area (Å²) in [6.07, 6.45) is 6.07. The van der Waals surface area contributed by atoms with Crippen LogP contribution in [0.25, 0.3) is 0 Å². The van der Waals surface area contributed by atoms with Gasteiger partial charge in [0.2, 0.25) is 0 Å². The molecule has 0 saturated carbocycles. The highest BCUT2D eigenvalue weighted by molar-refractivity contribution is 5.95. The van der Waals surface area contributed by atoms with E-state index in [-0.39, 0.29) is 12.0 Å². The summed E-state index contributed by atoms with van der Waals surface area (Å²) in [6, 6.07) is 5.77. The summed E-state index contributed by atoms with van der Waals surface area (Å²) >= 11 is 0. The van der Waals surface area contributed by atoms with Gasteiger partial charge in [-0.25, -0.2) is 4.79 Å². The molecule has 0 N–H and O–H groups in total. The third-order valence-corrected chi connectivity index (χ3v) is 3.36. The first-order valence-electron chi connectivity index (χ1n) is 6.79. The minimum absolute atomic E-state index is 0.189. The number of carbonyl (C=O) groups excluding carboxylic acids is 1. The largest absolute Gasteiger partial charge is 0.458 e. The Morgan fingerprint density at radius 1 is 1.40 bits per heavy atom. The summed E-state index contributed by atoms with van der Waals surface area (Å²) < 4.78 is 5.53. The fraction of sp³-hybridized carbons (Fsp3) is 0.375. The van der Waals surface area contributed by atoms with Gasteiger partial charge in [0.15, 0.2) is 0 Å². The third kappa shape index (κ3) is 2.22. The molecule has 0 fully saturated rings. The van der Waals surface area contributed by atoms with E-state index < -0.39 is 5.60 Å². The van der Waals surface area contributed by atoms with E-state index in [0.29, 0.717) is 6.42 Å². The standard InChI is InChI=1S/C16H18N2O2/c1-16(2,3)20-15(19)13-9-11-5-4-6-12-10-17-7-8-18(13)14(11)12/h4-8,10,13H,9H2,1-3H3. The van der Waals surface area contributed by atoms with Crippen LogP contribution in [0.5, 0.6) is 0 Å². The molecule has 1 aromatic rings. The van der Waals surface area contributed by atoms with Gasteiger partial charge in [-0.1, -0.05) is 18.2 Å². The average Bonchev–Trinajstić information content (AvgIpc) is 2.58. The number of benzene rings is 1. The van der Waals surface area contributed by atoms with E-state index in [9.17, 15) is 4.79 Å². The maximum atomic E-state index is 12.4. The van der Waals surface area contributed by atoms with E-state index in [1.165, 1.54) is 0 Å². The zero-order valence-corrected chi connectivity index (χ0v) is 12.0. The Hall–Kier alpha value is -2.10. The number of anilines is 1. The van der Waals surface area contributed by atoms with Gasteiger partial charge >= 0.3 is 5.97 Å². The Morgan fingerprint density at radius 3 is 2.95 bits per heavy atom. The van der Waals surface area contributed by atoms with Gasteiger partial charge in [-0.2, -0.15) is 0 Å². The minimum atomic E-state index is -0.471. The molecule has 1 atom stereocenters. The van der Waals surface area contributed by atoms with Crippen LogP contribution >= 0.6 is 0 Å². The van der Waals surface area contributed by atoms with Crippen molar-refractivity contribution in [3.8, 4) is 0 Å². The predicted molar refractivity (Wildman–Crippen MR) is 79.0 cm³/mol. The maximum absolute atomic E-state index is 12.4. The molecular weight excluding hydrogens is 252 g/mol. The van der Waals surface area contributed by atoms with Crippen molar-refractivity contribution in [2.45, 2.75) is 38.8 Å². The number of para-hydroxylation sites is 1. The number of rotatable bonds is 1. The van der Waals surface area contributed by atoms with Crippen LogP contribution in [0.1, 0.15) is 31.9 Å². The fourth-order valence-electron chi connectivity index (χ4n) is 2.64. The molecule has 2 aliphatic rings. The van der Waals surface area contributed by atoms with E-state index in [0.717, 1.165) is 16.8 Å². The zero-order chi connectivity index (χ0) is 14.3. The van der Waals surface area contributed by atoms with E-state index in [4.69, 9.17) is 4.74 Å². The summed E-state index contributed by atoms with van der Waals surface area (Å²) in [4.78, 5) is 18.6. The highest BCUT2D eigenvalue weighted by Gasteiger charge is 2.37. The average molecular weight is 270 g/mol. The van der Waals surface area contributed by atoms with Crippen LogP contribution in [0.3, 0.4) is 0 Å². The summed E-state index contributed by atoms with van der Waals surface area (Å²) in [5.74, 6) is -0.189. The van der Waals surface area contributed by atoms with Crippen molar-refractivity contribution < 1.29 is 9.53 Å². The molecule has 0 amide bonds. The molecule has 0 aromatic heterocycles. The second-order valence-electron chi connectivity index (χ2n) is 6.09. The molecule has 4 heteroatoms. The van der Waals surface area contributed by atoms with Crippen LogP contribution in [0.2, 0.25) is 0 Å². The Kier molecular flexibility index (Phi) is 2.89. The normalized spacial score (nSPS) is 19.8. The Morgan fingerprint density at radius 2 is 2.20 bits per heavy atom. The lowest BCUT2D eigenvalue weighted by Gasteiger charge is -2.26. The second kappa shape index (κ2) is 4.47. The van der Waals surface area contributed by atoms with Crippen molar-refractivity contribution in [2.24, 2.45) is 4.99 Å². The maximum Gasteiger partial charge on any atom is 0.329 e. The van der Waals surface area contributed by atoms with Crippen molar-refractivity contribution in [3.05, 3.63) is 41.7 Å². The molecular formula is C16H18N2O2. The summed E-state index contributed by atoms with van der Waals surface area (Å²) in [6.45, 7) is 5.67. The molecule has 104 valence electrons. The number of esters is 1. The van der Waals surface area contributed by atoms with Gasteiger partial charge in [-0.3, -0.25) is 4.99 Å². The van der Waals surface area contributed by atoms with Gasteiger partial charge in [0.05, 0.1) is 5.69 Å². The van der Waals surface area contributed by atoms with E-state index in [1.807, 2.05) is 50.2 Å². The van der Waals surface area contributed by atoms with Crippen LogP contribution in [0, 0.1) is 0 Å². The molecule has 1 aromatic carbocycles. The second-order valence-corrected chi connectivity index (χ2v) is 6.09. The van der Waals surface area contributed by atoms with Crippen LogP contribution in [-0.4, -0.2) is 23.8 Å². The van der Waals surface area contributed by atoms with Gasteiger partial charge in [0.1, 0.15) is 11.6 Å². The molecule has 0 spiro atoms. The van der Waals surface area contributed by atoms with Crippen molar-refractivity contribution in [1.82, 2.24) is 0 Å². The van der Waals surface area contributed by atoms with Crippen molar-refractivity contribution in [2.75, 3.05) is 4.90 Å². The molecule has 3 rings (SSSR count). The summed E-state index contributed by atoms with van der Waals surface area (Å²) in [5, 5.41) is 0. The fourth-order valence-corrected chi connectivity index (χ4v) is 2.64. The van der Waals surface area contributed by atoms with E-state index in [1.54, 1.807) is 6.20 Å². The van der Waals surface area contributed by atoms with E-state index >= 15 is 0 Å². The van der Waals surface area contributed by atoms with Gasteiger partial charge in [-0.15, -0.1) is 0 Å². The Labute approximate surface area is 118 Å². The lowest BCUT2D eigenvalue weighted by molar-refractivity contribution is -0.156. The van der Waals surface area contributed by atoms with Gasteiger partial charge in [0, 0.05) is 30.6 Å². The predicted octanol–water partition coefficient (Wildman–Crippen LogP) is 2.66. The smallest absolute Gasteiger partial charge is 0.329 e. The van der Waals surface area contributed by atoms with Crippen LogP contribution < -0.4 is 4.90 Å². The zero-order valence-electron chi connectivity index (χ0n) is 12.0. The van der Waals surface area contributed by atoms with Crippen LogP contribution in [-0.2, 0) is 16.0 Å². The number of aliphatic imine (C=N–C) groups is 1. The SMILES string of the molecule is CC(C)(C)OC(=O)C1Cc2cccc3c2N1C=CN=C3. The molecule has 1 unspecified atom stereocenters. The van der Waals surface area contributed by atoms with Crippen LogP contribution in [0.15, 0.2) is 35.6 Å². The Bertz CT molecular complexity index is 611. The van der Waals surface area contributed by atoms with Crippen molar-refractivity contribution >= 4 is 17.9 Å². The molecule has 0 saturated heterocycles.